The number of halogens is 1. The molecular formula is C16H21FO2. The van der Waals surface area contributed by atoms with E-state index in [4.69, 9.17) is 4.74 Å². The van der Waals surface area contributed by atoms with Crippen molar-refractivity contribution in [3.63, 3.8) is 0 Å². The Balaban J connectivity index is 2.37. The van der Waals surface area contributed by atoms with Gasteiger partial charge in [0.15, 0.2) is 5.78 Å². The average molecular weight is 264 g/mol. The van der Waals surface area contributed by atoms with Crippen molar-refractivity contribution in [2.24, 2.45) is 5.92 Å². The number of aryl methyl sites for hydroxylation is 1. The van der Waals surface area contributed by atoms with E-state index in [-0.39, 0.29) is 11.6 Å². The molecule has 1 aliphatic rings. The second-order valence-corrected chi connectivity index (χ2v) is 5.69. The number of carbonyl (C=O) groups is 1. The Hall–Kier alpha value is -1.22. The largest absolute Gasteiger partial charge is 0.370 e. The van der Waals surface area contributed by atoms with Crippen molar-refractivity contribution >= 4 is 5.78 Å². The van der Waals surface area contributed by atoms with E-state index in [1.54, 1.807) is 13.2 Å². The second kappa shape index (κ2) is 5.41. The Labute approximate surface area is 114 Å². The fraction of sp³-hybridized carbons (Fsp3) is 0.562. The fourth-order valence-corrected chi connectivity index (χ4v) is 3.07. The van der Waals surface area contributed by atoms with Gasteiger partial charge >= 0.3 is 0 Å². The third-order valence-electron chi connectivity index (χ3n) is 4.20. The van der Waals surface area contributed by atoms with Crippen LogP contribution < -0.4 is 0 Å². The molecule has 2 atom stereocenters. The summed E-state index contributed by atoms with van der Waals surface area (Å²) in [4.78, 5) is 12.8. The quantitative estimate of drug-likeness (QED) is 0.774. The summed E-state index contributed by atoms with van der Waals surface area (Å²) >= 11 is 0. The van der Waals surface area contributed by atoms with Gasteiger partial charge < -0.3 is 4.74 Å². The van der Waals surface area contributed by atoms with Crippen molar-refractivity contribution in [2.75, 3.05) is 7.11 Å². The summed E-state index contributed by atoms with van der Waals surface area (Å²) in [5.41, 5.74) is 0.493. The number of rotatable bonds is 3. The van der Waals surface area contributed by atoms with E-state index in [0.29, 0.717) is 11.5 Å². The monoisotopic (exact) mass is 264 g/mol. The molecule has 0 N–H and O–H groups in total. The fourth-order valence-electron chi connectivity index (χ4n) is 3.07. The molecule has 0 amide bonds. The van der Waals surface area contributed by atoms with E-state index in [0.717, 1.165) is 31.2 Å². The summed E-state index contributed by atoms with van der Waals surface area (Å²) in [5.74, 6) is 0.0223. The maximum absolute atomic E-state index is 13.4. The van der Waals surface area contributed by atoms with Crippen molar-refractivity contribution in [1.82, 2.24) is 0 Å². The van der Waals surface area contributed by atoms with Gasteiger partial charge in [-0.3, -0.25) is 4.79 Å². The summed E-state index contributed by atoms with van der Waals surface area (Å²) in [6, 6.07) is 4.37. The molecule has 0 heterocycles. The Morgan fingerprint density at radius 2 is 2.21 bits per heavy atom. The molecule has 104 valence electrons. The maximum Gasteiger partial charge on any atom is 0.194 e. The first kappa shape index (κ1) is 14.2. The first-order valence-electron chi connectivity index (χ1n) is 6.84. The third-order valence-corrected chi connectivity index (χ3v) is 4.20. The van der Waals surface area contributed by atoms with Crippen LogP contribution >= 0.6 is 0 Å². The van der Waals surface area contributed by atoms with Crippen LogP contribution in [0.4, 0.5) is 4.39 Å². The summed E-state index contributed by atoms with van der Waals surface area (Å²) in [7, 11) is 1.59. The first-order valence-corrected chi connectivity index (χ1v) is 6.84. The SMILES string of the molecule is COC1(C(=O)c2cc(F)ccc2C)CCCC(C)C1. The van der Waals surface area contributed by atoms with E-state index in [2.05, 4.69) is 6.92 Å². The van der Waals surface area contributed by atoms with E-state index in [1.165, 1.54) is 12.1 Å². The zero-order valence-corrected chi connectivity index (χ0v) is 11.8. The number of hydrogen-bond donors (Lipinski definition) is 0. The van der Waals surface area contributed by atoms with Crippen LogP contribution in [0.25, 0.3) is 0 Å². The zero-order valence-electron chi connectivity index (χ0n) is 11.8. The van der Waals surface area contributed by atoms with E-state index in [9.17, 15) is 9.18 Å². The predicted molar refractivity (Wildman–Crippen MR) is 72.8 cm³/mol. The van der Waals surface area contributed by atoms with Crippen molar-refractivity contribution in [3.8, 4) is 0 Å². The van der Waals surface area contributed by atoms with Gasteiger partial charge in [-0.25, -0.2) is 4.39 Å². The Morgan fingerprint density at radius 1 is 1.47 bits per heavy atom. The molecule has 2 nitrogen and oxygen atoms in total. The van der Waals surface area contributed by atoms with Crippen molar-refractivity contribution in [1.29, 1.82) is 0 Å². The number of ketones is 1. The van der Waals surface area contributed by atoms with Gasteiger partial charge in [0, 0.05) is 12.7 Å². The third kappa shape index (κ3) is 2.71. The maximum atomic E-state index is 13.4. The molecule has 0 saturated heterocycles. The molecule has 0 aliphatic heterocycles. The van der Waals surface area contributed by atoms with Gasteiger partial charge in [-0.1, -0.05) is 19.4 Å². The van der Waals surface area contributed by atoms with Crippen LogP contribution in [0.15, 0.2) is 18.2 Å². The van der Waals surface area contributed by atoms with Gasteiger partial charge in [-0.2, -0.15) is 0 Å². The van der Waals surface area contributed by atoms with Crippen LogP contribution in [0, 0.1) is 18.7 Å². The lowest BCUT2D eigenvalue weighted by molar-refractivity contribution is -0.0303. The minimum atomic E-state index is -0.768. The number of hydrogen-bond acceptors (Lipinski definition) is 2. The number of benzene rings is 1. The number of ether oxygens (including phenoxy) is 1. The van der Waals surface area contributed by atoms with Crippen molar-refractivity contribution in [2.45, 2.75) is 45.1 Å². The lowest BCUT2D eigenvalue weighted by Gasteiger charge is -2.37. The molecular weight excluding hydrogens is 243 g/mol. The smallest absolute Gasteiger partial charge is 0.194 e. The van der Waals surface area contributed by atoms with Crippen LogP contribution in [0.3, 0.4) is 0 Å². The van der Waals surface area contributed by atoms with E-state index < -0.39 is 5.60 Å². The standard InChI is InChI=1S/C16H21FO2/c1-11-5-4-8-16(10-11,19-3)15(18)14-9-13(17)7-6-12(14)2/h6-7,9,11H,4-5,8,10H2,1-3H3. The summed E-state index contributed by atoms with van der Waals surface area (Å²) < 4.78 is 19.0. The van der Waals surface area contributed by atoms with Gasteiger partial charge in [0.25, 0.3) is 0 Å². The van der Waals surface area contributed by atoms with Crippen molar-refractivity contribution < 1.29 is 13.9 Å². The normalized spacial score (nSPS) is 27.3. The van der Waals surface area contributed by atoms with Gasteiger partial charge in [0.1, 0.15) is 11.4 Å². The number of Topliss-reactive ketones (excluding diaryl/α,β-unsaturated/α-hetero) is 1. The minimum Gasteiger partial charge on any atom is -0.370 e. The molecule has 0 spiro atoms. The highest BCUT2D eigenvalue weighted by molar-refractivity contribution is 6.03. The highest BCUT2D eigenvalue weighted by atomic mass is 19.1. The molecule has 1 aliphatic carbocycles. The molecule has 1 saturated carbocycles. The molecule has 1 fully saturated rings. The van der Waals surface area contributed by atoms with Gasteiger partial charge in [0.2, 0.25) is 0 Å². The molecule has 0 bridgehead atoms. The van der Waals surface area contributed by atoms with Crippen LogP contribution in [0.2, 0.25) is 0 Å². The van der Waals surface area contributed by atoms with Gasteiger partial charge in [0.05, 0.1) is 0 Å². The lowest BCUT2D eigenvalue weighted by Crippen LogP contribution is -2.45. The van der Waals surface area contributed by atoms with E-state index in [1.807, 2.05) is 6.92 Å². The second-order valence-electron chi connectivity index (χ2n) is 5.69. The summed E-state index contributed by atoms with van der Waals surface area (Å²) in [5, 5.41) is 0. The molecule has 1 aromatic carbocycles. The van der Waals surface area contributed by atoms with Crippen LogP contribution in [0.1, 0.15) is 48.5 Å². The molecule has 19 heavy (non-hydrogen) atoms. The Kier molecular flexibility index (Phi) is 4.04. The number of methoxy groups -OCH3 is 1. The summed E-state index contributed by atoms with van der Waals surface area (Å²) in [6.45, 7) is 3.97. The topological polar surface area (TPSA) is 26.3 Å². The minimum absolute atomic E-state index is 0.0708. The number of carbonyl (C=O) groups excluding carboxylic acids is 1. The van der Waals surface area contributed by atoms with Crippen molar-refractivity contribution in [3.05, 3.63) is 35.1 Å². The molecule has 1 aromatic rings. The first-order chi connectivity index (χ1) is 8.98. The van der Waals surface area contributed by atoms with E-state index >= 15 is 0 Å². The van der Waals surface area contributed by atoms with Crippen LogP contribution in [-0.4, -0.2) is 18.5 Å². The Bertz CT molecular complexity index is 484. The predicted octanol–water partition coefficient (Wildman–Crippen LogP) is 3.91. The highest BCUT2D eigenvalue weighted by Crippen LogP contribution is 2.37. The highest BCUT2D eigenvalue weighted by Gasteiger charge is 2.42. The molecule has 2 rings (SSSR count). The molecule has 0 radical (unpaired) electrons. The molecule has 2 unspecified atom stereocenters. The average Bonchev–Trinajstić information content (AvgIpc) is 2.40. The van der Waals surface area contributed by atoms with Gasteiger partial charge in [-0.15, -0.1) is 0 Å². The van der Waals surface area contributed by atoms with Gasteiger partial charge in [-0.05, 0) is 49.8 Å². The Morgan fingerprint density at radius 3 is 2.84 bits per heavy atom. The van der Waals surface area contributed by atoms with Crippen LogP contribution in [0.5, 0.6) is 0 Å². The van der Waals surface area contributed by atoms with Crippen LogP contribution in [-0.2, 0) is 4.74 Å². The lowest BCUT2D eigenvalue weighted by atomic mass is 9.74. The molecule has 0 aromatic heterocycles. The summed E-state index contributed by atoms with van der Waals surface area (Å²) in [6.07, 6.45) is 3.55. The zero-order chi connectivity index (χ0) is 14.0. The molecule has 3 heteroatoms.